The van der Waals surface area contributed by atoms with E-state index in [1.807, 2.05) is 18.2 Å². The number of para-hydroxylation sites is 1. The molecule has 2 aliphatic heterocycles. The van der Waals surface area contributed by atoms with Crippen molar-refractivity contribution in [3.05, 3.63) is 65.2 Å². The van der Waals surface area contributed by atoms with Gasteiger partial charge >= 0.3 is 0 Å². The van der Waals surface area contributed by atoms with Gasteiger partial charge < -0.3 is 10.2 Å². The van der Waals surface area contributed by atoms with E-state index in [0.29, 0.717) is 0 Å². The number of rotatable bonds is 0. The molecular weight excluding hydrogens is 272 g/mol. The third-order valence-electron chi connectivity index (χ3n) is 5.57. The Labute approximate surface area is 131 Å². The van der Waals surface area contributed by atoms with E-state index in [1.165, 1.54) is 11.3 Å². The molecule has 0 radical (unpaired) electrons. The second-order valence-electron chi connectivity index (χ2n) is 6.91. The van der Waals surface area contributed by atoms with E-state index in [1.54, 1.807) is 0 Å². The molecule has 0 saturated heterocycles. The Morgan fingerprint density at radius 3 is 2.50 bits per heavy atom. The van der Waals surface area contributed by atoms with E-state index in [0.717, 1.165) is 17.7 Å². The SMILES string of the molecule is CC1(C)c2ccccc2N2Cc3ccccc3C(=O)N[C@]21C. The van der Waals surface area contributed by atoms with Gasteiger partial charge in [0.05, 0.1) is 0 Å². The van der Waals surface area contributed by atoms with Crippen LogP contribution < -0.4 is 10.2 Å². The van der Waals surface area contributed by atoms with Crippen LogP contribution in [0.5, 0.6) is 0 Å². The highest BCUT2D eigenvalue weighted by Crippen LogP contribution is 2.51. The van der Waals surface area contributed by atoms with Gasteiger partial charge in [0.25, 0.3) is 5.91 Å². The normalized spacial score (nSPS) is 24.9. The van der Waals surface area contributed by atoms with Crippen molar-refractivity contribution >= 4 is 11.6 Å². The maximum atomic E-state index is 12.8. The van der Waals surface area contributed by atoms with Crippen LogP contribution >= 0.6 is 0 Å². The molecule has 2 aliphatic rings. The number of anilines is 1. The lowest BCUT2D eigenvalue weighted by molar-refractivity contribution is 0.0873. The molecule has 2 aromatic rings. The topological polar surface area (TPSA) is 32.3 Å². The molecule has 1 amide bonds. The molecule has 112 valence electrons. The predicted octanol–water partition coefficient (Wildman–Crippen LogP) is 3.44. The highest BCUT2D eigenvalue weighted by molar-refractivity contribution is 5.97. The Hall–Kier alpha value is -2.29. The Balaban J connectivity index is 1.96. The molecule has 0 saturated carbocycles. The zero-order valence-electron chi connectivity index (χ0n) is 13.2. The monoisotopic (exact) mass is 292 g/mol. The van der Waals surface area contributed by atoms with E-state index in [9.17, 15) is 4.79 Å². The van der Waals surface area contributed by atoms with Gasteiger partial charge in [-0.2, -0.15) is 0 Å². The fraction of sp³-hybridized carbons (Fsp3) is 0.316. The second kappa shape index (κ2) is 4.13. The molecule has 0 fully saturated rings. The molecule has 1 N–H and O–H groups in total. The van der Waals surface area contributed by atoms with Crippen molar-refractivity contribution in [1.82, 2.24) is 5.32 Å². The fourth-order valence-electron chi connectivity index (χ4n) is 3.88. The lowest BCUT2D eigenvalue weighted by Crippen LogP contribution is -2.63. The summed E-state index contributed by atoms with van der Waals surface area (Å²) in [4.78, 5) is 15.1. The van der Waals surface area contributed by atoms with Crippen LogP contribution in [0.3, 0.4) is 0 Å². The van der Waals surface area contributed by atoms with Crippen LogP contribution in [0.1, 0.15) is 42.3 Å². The molecule has 0 unspecified atom stereocenters. The van der Waals surface area contributed by atoms with Gasteiger partial charge in [-0.15, -0.1) is 0 Å². The number of hydrogen-bond acceptors (Lipinski definition) is 2. The van der Waals surface area contributed by atoms with Crippen molar-refractivity contribution in [2.75, 3.05) is 4.90 Å². The van der Waals surface area contributed by atoms with Crippen LogP contribution in [0.15, 0.2) is 48.5 Å². The number of nitrogens with zero attached hydrogens (tertiary/aromatic N) is 1. The van der Waals surface area contributed by atoms with Crippen LogP contribution in [0.4, 0.5) is 5.69 Å². The first-order valence-electron chi connectivity index (χ1n) is 7.73. The summed E-state index contributed by atoms with van der Waals surface area (Å²) < 4.78 is 0. The Kier molecular flexibility index (Phi) is 2.51. The average Bonchev–Trinajstić information content (AvgIpc) is 2.60. The molecule has 22 heavy (non-hydrogen) atoms. The summed E-state index contributed by atoms with van der Waals surface area (Å²) in [5, 5.41) is 3.30. The van der Waals surface area contributed by atoms with E-state index in [2.05, 4.69) is 61.3 Å². The summed E-state index contributed by atoms with van der Waals surface area (Å²) >= 11 is 0. The molecule has 4 rings (SSSR count). The smallest absolute Gasteiger partial charge is 0.253 e. The summed E-state index contributed by atoms with van der Waals surface area (Å²) in [7, 11) is 0. The highest BCUT2D eigenvalue weighted by atomic mass is 16.2. The van der Waals surface area contributed by atoms with Crippen molar-refractivity contribution in [3.8, 4) is 0 Å². The van der Waals surface area contributed by atoms with E-state index < -0.39 is 5.66 Å². The lowest BCUT2D eigenvalue weighted by Gasteiger charge is -2.44. The van der Waals surface area contributed by atoms with E-state index in [-0.39, 0.29) is 11.3 Å². The maximum Gasteiger partial charge on any atom is 0.253 e. The minimum atomic E-state index is -0.438. The van der Waals surface area contributed by atoms with Gasteiger partial charge in [0.1, 0.15) is 5.66 Å². The average molecular weight is 292 g/mol. The third-order valence-corrected chi connectivity index (χ3v) is 5.57. The van der Waals surface area contributed by atoms with Crippen molar-refractivity contribution < 1.29 is 4.79 Å². The molecule has 0 bridgehead atoms. The zero-order chi connectivity index (χ0) is 15.5. The van der Waals surface area contributed by atoms with Crippen molar-refractivity contribution in [3.63, 3.8) is 0 Å². The van der Waals surface area contributed by atoms with Gasteiger partial charge in [-0.1, -0.05) is 50.2 Å². The predicted molar refractivity (Wildman–Crippen MR) is 88.0 cm³/mol. The van der Waals surface area contributed by atoms with Crippen LogP contribution in [-0.2, 0) is 12.0 Å². The standard InChI is InChI=1S/C19H20N2O/c1-18(2)15-10-6-7-11-16(15)21-12-13-8-4-5-9-14(13)17(22)20-19(18,21)3/h4-11H,12H2,1-3H3,(H,20,22)/t19-/m1/s1. The van der Waals surface area contributed by atoms with Crippen LogP contribution in [0, 0.1) is 0 Å². The number of benzene rings is 2. The number of carbonyl (C=O) groups excluding carboxylic acids is 1. The molecule has 3 heteroatoms. The summed E-state index contributed by atoms with van der Waals surface area (Å²) in [6, 6.07) is 16.4. The highest BCUT2D eigenvalue weighted by Gasteiger charge is 2.55. The summed E-state index contributed by atoms with van der Waals surface area (Å²) in [5.74, 6) is 0.0153. The van der Waals surface area contributed by atoms with Crippen molar-refractivity contribution in [2.45, 2.75) is 38.4 Å². The molecule has 3 nitrogen and oxygen atoms in total. The van der Waals surface area contributed by atoms with Crippen LogP contribution in [0.2, 0.25) is 0 Å². The van der Waals surface area contributed by atoms with Gasteiger partial charge in [0.15, 0.2) is 0 Å². The second-order valence-corrected chi connectivity index (χ2v) is 6.91. The molecule has 0 spiro atoms. The van der Waals surface area contributed by atoms with Gasteiger partial charge in [0.2, 0.25) is 0 Å². The Bertz CT molecular complexity index is 781. The minimum absolute atomic E-state index is 0.0153. The Morgan fingerprint density at radius 2 is 1.68 bits per heavy atom. The number of fused-ring (bicyclic) bond motifs is 4. The quantitative estimate of drug-likeness (QED) is 0.806. The van der Waals surface area contributed by atoms with Crippen LogP contribution in [-0.4, -0.2) is 11.6 Å². The van der Waals surface area contributed by atoms with Gasteiger partial charge in [-0.25, -0.2) is 0 Å². The van der Waals surface area contributed by atoms with Crippen molar-refractivity contribution in [2.24, 2.45) is 0 Å². The van der Waals surface area contributed by atoms with Gasteiger partial charge in [0, 0.05) is 23.2 Å². The minimum Gasteiger partial charge on any atom is -0.344 e. The van der Waals surface area contributed by atoms with Crippen molar-refractivity contribution in [1.29, 1.82) is 0 Å². The molecular formula is C19H20N2O. The first kappa shape index (κ1) is 13.4. The molecule has 2 heterocycles. The summed E-state index contributed by atoms with van der Waals surface area (Å²) in [6.45, 7) is 7.30. The lowest BCUT2D eigenvalue weighted by atomic mass is 9.76. The summed E-state index contributed by atoms with van der Waals surface area (Å²) in [6.07, 6.45) is 0. The first-order valence-corrected chi connectivity index (χ1v) is 7.73. The number of hydrogen-bond donors (Lipinski definition) is 1. The molecule has 0 aromatic heterocycles. The van der Waals surface area contributed by atoms with E-state index >= 15 is 0 Å². The molecule has 1 atom stereocenters. The number of carbonyl (C=O) groups is 1. The third kappa shape index (κ3) is 1.48. The number of nitrogens with one attached hydrogen (secondary N) is 1. The Morgan fingerprint density at radius 1 is 1.00 bits per heavy atom. The number of amides is 1. The summed E-state index contributed by atoms with van der Waals surface area (Å²) in [5.41, 5.74) is 3.76. The van der Waals surface area contributed by atoms with Crippen LogP contribution in [0.25, 0.3) is 0 Å². The molecule has 2 aromatic carbocycles. The maximum absolute atomic E-state index is 12.8. The van der Waals surface area contributed by atoms with E-state index in [4.69, 9.17) is 0 Å². The largest absolute Gasteiger partial charge is 0.344 e. The molecule has 0 aliphatic carbocycles. The van der Waals surface area contributed by atoms with Gasteiger partial charge in [-0.3, -0.25) is 4.79 Å². The van der Waals surface area contributed by atoms with Gasteiger partial charge in [-0.05, 0) is 30.2 Å². The fourth-order valence-corrected chi connectivity index (χ4v) is 3.88. The zero-order valence-corrected chi connectivity index (χ0v) is 13.2. The first-order chi connectivity index (χ1) is 10.4.